The molecule has 0 bridgehead atoms. The van der Waals surface area contributed by atoms with Gasteiger partial charge in [-0.3, -0.25) is 4.79 Å². The van der Waals surface area contributed by atoms with Crippen molar-refractivity contribution < 1.29 is 14.3 Å². The molecule has 1 N–H and O–H groups in total. The molecule has 1 heterocycles. The maximum Gasteiger partial charge on any atom is 0.262 e. The summed E-state index contributed by atoms with van der Waals surface area (Å²) in [5, 5.41) is 16.5. The number of tetrazole rings is 1. The van der Waals surface area contributed by atoms with Crippen molar-refractivity contribution in [2.45, 2.75) is 6.92 Å². The summed E-state index contributed by atoms with van der Waals surface area (Å²) in [6.07, 6.45) is 0. The Bertz CT molecular complexity index is 1170. The Balaban J connectivity index is 1.46. The number of amides is 1. The van der Waals surface area contributed by atoms with Gasteiger partial charge in [0.2, 0.25) is 0 Å². The number of nitrogens with zero attached hydrogens (tertiary/aromatic N) is 4. The summed E-state index contributed by atoms with van der Waals surface area (Å²) in [7, 11) is 1.56. The van der Waals surface area contributed by atoms with Crippen LogP contribution in [0, 0.1) is 6.92 Å². The minimum Gasteiger partial charge on any atom is -0.494 e. The van der Waals surface area contributed by atoms with Gasteiger partial charge in [0.25, 0.3) is 5.91 Å². The third kappa shape index (κ3) is 4.01. The van der Waals surface area contributed by atoms with Crippen molar-refractivity contribution in [1.29, 1.82) is 0 Å². The van der Waals surface area contributed by atoms with Crippen molar-refractivity contribution in [1.82, 2.24) is 20.2 Å². The lowest BCUT2D eigenvalue weighted by Crippen LogP contribution is -2.20. The molecule has 1 aromatic heterocycles. The van der Waals surface area contributed by atoms with Gasteiger partial charge in [0, 0.05) is 5.69 Å². The van der Waals surface area contributed by atoms with E-state index in [1.807, 2.05) is 42.5 Å². The Morgan fingerprint density at radius 2 is 1.90 bits per heavy atom. The first-order valence-corrected chi connectivity index (χ1v) is 8.99. The highest BCUT2D eigenvalue weighted by molar-refractivity contribution is 5.92. The Kier molecular flexibility index (Phi) is 5.07. The van der Waals surface area contributed by atoms with E-state index < -0.39 is 0 Å². The van der Waals surface area contributed by atoms with E-state index in [2.05, 4.69) is 20.8 Å². The van der Waals surface area contributed by atoms with Gasteiger partial charge in [0.15, 0.2) is 12.4 Å². The van der Waals surface area contributed by atoms with Gasteiger partial charge in [-0.2, -0.15) is 4.68 Å². The second kappa shape index (κ2) is 7.97. The van der Waals surface area contributed by atoms with Crippen LogP contribution in [0.25, 0.3) is 16.5 Å². The SMILES string of the molecule is COc1ccc(NC(=O)COc2ccc3ccccc3c2)cc1-n1nnnc1C. The lowest BCUT2D eigenvalue weighted by Gasteiger charge is -2.12. The Labute approximate surface area is 167 Å². The number of nitrogens with one attached hydrogen (secondary N) is 1. The van der Waals surface area contributed by atoms with Crippen molar-refractivity contribution in [3.63, 3.8) is 0 Å². The number of hydrogen-bond donors (Lipinski definition) is 1. The Morgan fingerprint density at radius 3 is 2.66 bits per heavy atom. The summed E-state index contributed by atoms with van der Waals surface area (Å²) in [5.41, 5.74) is 1.21. The second-order valence-electron chi connectivity index (χ2n) is 6.37. The van der Waals surface area contributed by atoms with Crippen LogP contribution in [0.5, 0.6) is 11.5 Å². The predicted octanol–water partition coefficient (Wildman–Crippen LogP) is 3.15. The van der Waals surface area contributed by atoms with Crippen LogP contribution in [0.4, 0.5) is 5.69 Å². The smallest absolute Gasteiger partial charge is 0.262 e. The van der Waals surface area contributed by atoms with Gasteiger partial charge >= 0.3 is 0 Å². The van der Waals surface area contributed by atoms with E-state index in [0.29, 0.717) is 28.7 Å². The minimum absolute atomic E-state index is 0.108. The van der Waals surface area contributed by atoms with Crippen LogP contribution in [0.2, 0.25) is 0 Å². The molecule has 146 valence electrons. The molecular weight excluding hydrogens is 370 g/mol. The first-order valence-electron chi connectivity index (χ1n) is 8.99. The first-order chi connectivity index (χ1) is 14.1. The molecule has 8 heteroatoms. The number of hydrogen-bond acceptors (Lipinski definition) is 6. The van der Waals surface area contributed by atoms with Crippen LogP contribution in [-0.2, 0) is 4.79 Å². The van der Waals surface area contributed by atoms with E-state index in [4.69, 9.17) is 9.47 Å². The van der Waals surface area contributed by atoms with Gasteiger partial charge in [-0.1, -0.05) is 30.3 Å². The summed E-state index contributed by atoms with van der Waals surface area (Å²) >= 11 is 0. The van der Waals surface area contributed by atoms with E-state index in [1.54, 1.807) is 36.9 Å². The zero-order chi connectivity index (χ0) is 20.2. The summed E-state index contributed by atoms with van der Waals surface area (Å²) in [5.74, 6) is 1.55. The number of aryl methyl sites for hydroxylation is 1. The number of rotatable bonds is 6. The zero-order valence-electron chi connectivity index (χ0n) is 16.0. The highest BCUT2D eigenvalue weighted by atomic mass is 16.5. The number of anilines is 1. The fourth-order valence-corrected chi connectivity index (χ4v) is 2.99. The molecule has 3 aromatic carbocycles. The predicted molar refractivity (Wildman–Crippen MR) is 109 cm³/mol. The topological polar surface area (TPSA) is 91.2 Å². The van der Waals surface area contributed by atoms with E-state index in [9.17, 15) is 4.79 Å². The average molecular weight is 389 g/mol. The molecule has 4 rings (SSSR count). The molecule has 0 spiro atoms. The molecular formula is C21H19N5O3. The van der Waals surface area contributed by atoms with Crippen molar-refractivity contribution in [2.75, 3.05) is 19.0 Å². The molecule has 8 nitrogen and oxygen atoms in total. The number of carbonyl (C=O) groups excluding carboxylic acids is 1. The van der Waals surface area contributed by atoms with Crippen LogP contribution in [-0.4, -0.2) is 39.8 Å². The van der Waals surface area contributed by atoms with Crippen molar-refractivity contribution in [3.05, 3.63) is 66.5 Å². The Hall–Kier alpha value is -3.94. The summed E-state index contributed by atoms with van der Waals surface area (Å²) in [4.78, 5) is 12.4. The third-order valence-corrected chi connectivity index (χ3v) is 4.41. The average Bonchev–Trinajstić information content (AvgIpc) is 3.17. The molecule has 1 amide bonds. The fraction of sp³-hybridized carbons (Fsp3) is 0.143. The van der Waals surface area contributed by atoms with Gasteiger partial charge < -0.3 is 14.8 Å². The largest absolute Gasteiger partial charge is 0.494 e. The third-order valence-electron chi connectivity index (χ3n) is 4.41. The normalized spacial score (nSPS) is 10.7. The van der Waals surface area contributed by atoms with Gasteiger partial charge in [-0.05, 0) is 58.5 Å². The Morgan fingerprint density at radius 1 is 1.07 bits per heavy atom. The van der Waals surface area contributed by atoms with Crippen LogP contribution >= 0.6 is 0 Å². The van der Waals surface area contributed by atoms with Crippen molar-refractivity contribution in [2.24, 2.45) is 0 Å². The quantitative estimate of drug-likeness (QED) is 0.545. The first kappa shape index (κ1) is 18.4. The summed E-state index contributed by atoms with van der Waals surface area (Å²) in [6.45, 7) is 1.67. The number of aromatic nitrogens is 4. The minimum atomic E-state index is -0.275. The highest BCUT2D eigenvalue weighted by Crippen LogP contribution is 2.26. The molecule has 0 radical (unpaired) electrons. The standard InChI is InChI=1S/C21H19N5O3/c1-14-23-24-25-26(14)19-12-17(8-10-20(19)28-2)22-21(27)13-29-18-9-7-15-5-3-4-6-16(15)11-18/h3-12H,13H2,1-2H3,(H,22,27). The van der Waals surface area contributed by atoms with E-state index in [-0.39, 0.29) is 12.5 Å². The van der Waals surface area contributed by atoms with E-state index in [0.717, 1.165) is 10.8 Å². The maximum atomic E-state index is 12.4. The molecule has 0 unspecified atom stereocenters. The van der Waals surface area contributed by atoms with Crippen molar-refractivity contribution in [3.8, 4) is 17.2 Å². The van der Waals surface area contributed by atoms with Crippen LogP contribution in [0.1, 0.15) is 5.82 Å². The monoisotopic (exact) mass is 389 g/mol. The molecule has 0 atom stereocenters. The number of ether oxygens (including phenoxy) is 2. The number of methoxy groups -OCH3 is 1. The molecule has 4 aromatic rings. The molecule has 0 aliphatic heterocycles. The maximum absolute atomic E-state index is 12.4. The molecule has 0 saturated carbocycles. The van der Waals surface area contributed by atoms with Crippen LogP contribution in [0.15, 0.2) is 60.7 Å². The van der Waals surface area contributed by atoms with Crippen LogP contribution in [0.3, 0.4) is 0 Å². The van der Waals surface area contributed by atoms with Crippen molar-refractivity contribution >= 4 is 22.4 Å². The van der Waals surface area contributed by atoms with E-state index in [1.165, 1.54) is 0 Å². The molecule has 29 heavy (non-hydrogen) atoms. The fourth-order valence-electron chi connectivity index (χ4n) is 2.99. The zero-order valence-corrected chi connectivity index (χ0v) is 16.0. The molecule has 0 aliphatic rings. The van der Waals surface area contributed by atoms with Gasteiger partial charge in [0.05, 0.1) is 7.11 Å². The second-order valence-corrected chi connectivity index (χ2v) is 6.37. The highest BCUT2D eigenvalue weighted by Gasteiger charge is 2.12. The number of benzene rings is 3. The molecule has 0 aliphatic carbocycles. The summed E-state index contributed by atoms with van der Waals surface area (Å²) in [6, 6.07) is 18.9. The van der Waals surface area contributed by atoms with Gasteiger partial charge in [-0.25, -0.2) is 0 Å². The van der Waals surface area contributed by atoms with Gasteiger partial charge in [0.1, 0.15) is 17.2 Å². The van der Waals surface area contributed by atoms with Gasteiger partial charge in [-0.15, -0.1) is 5.10 Å². The number of fused-ring (bicyclic) bond motifs is 1. The molecule has 0 saturated heterocycles. The van der Waals surface area contributed by atoms with E-state index >= 15 is 0 Å². The lowest BCUT2D eigenvalue weighted by molar-refractivity contribution is -0.118. The van der Waals surface area contributed by atoms with Crippen LogP contribution < -0.4 is 14.8 Å². The summed E-state index contributed by atoms with van der Waals surface area (Å²) < 4.78 is 12.6. The molecule has 0 fully saturated rings. The number of carbonyl (C=O) groups is 1. The lowest BCUT2D eigenvalue weighted by atomic mass is 10.1.